The number of nitrogens with zero attached hydrogens (tertiary/aromatic N) is 1. The first-order valence-electron chi connectivity index (χ1n) is 4.50. The first-order valence-corrected chi connectivity index (χ1v) is 4.50. The second-order valence-corrected chi connectivity index (χ2v) is 3.23. The Kier molecular flexibility index (Phi) is 1.44. The van der Waals surface area contributed by atoms with Gasteiger partial charge in [0.2, 0.25) is 0 Å². The molecule has 14 heavy (non-hydrogen) atoms. The van der Waals surface area contributed by atoms with Gasteiger partial charge in [0.15, 0.2) is 0 Å². The lowest BCUT2D eigenvalue weighted by atomic mass is 10.3. The highest BCUT2D eigenvalue weighted by molar-refractivity contribution is 5.84. The van der Waals surface area contributed by atoms with E-state index in [0.29, 0.717) is 0 Å². The molecule has 3 aromatic rings. The molecule has 2 N–H and O–H groups in total. The van der Waals surface area contributed by atoms with Crippen molar-refractivity contribution in [1.82, 2.24) is 15.0 Å². The van der Waals surface area contributed by atoms with Crippen LogP contribution in [0.1, 0.15) is 0 Å². The highest BCUT2D eigenvalue weighted by atomic mass is 14.8. The summed E-state index contributed by atoms with van der Waals surface area (Å²) in [6, 6.07) is 8.14. The SMILES string of the molecule is c1c[nH]c(-c2cc3ccncc3[nH]2)c1. The van der Waals surface area contributed by atoms with Gasteiger partial charge < -0.3 is 9.97 Å². The van der Waals surface area contributed by atoms with E-state index in [0.717, 1.165) is 16.9 Å². The van der Waals surface area contributed by atoms with Crippen molar-refractivity contribution in [2.75, 3.05) is 0 Å². The average Bonchev–Trinajstić information content (AvgIpc) is 2.86. The van der Waals surface area contributed by atoms with E-state index >= 15 is 0 Å². The molecule has 3 nitrogen and oxygen atoms in total. The maximum absolute atomic E-state index is 4.07. The second kappa shape index (κ2) is 2.73. The highest BCUT2D eigenvalue weighted by Crippen LogP contribution is 2.21. The maximum atomic E-state index is 4.07. The van der Waals surface area contributed by atoms with Crippen molar-refractivity contribution in [2.24, 2.45) is 0 Å². The van der Waals surface area contributed by atoms with E-state index in [-0.39, 0.29) is 0 Å². The largest absolute Gasteiger partial charge is 0.360 e. The molecule has 0 saturated heterocycles. The summed E-state index contributed by atoms with van der Waals surface area (Å²) in [5.41, 5.74) is 3.26. The Hall–Kier alpha value is -2.03. The molecule has 3 aromatic heterocycles. The number of pyridine rings is 1. The highest BCUT2D eigenvalue weighted by Gasteiger charge is 2.02. The molecule has 0 aliphatic rings. The first kappa shape index (κ1) is 7.38. The molecule has 0 amide bonds. The number of hydrogen-bond donors (Lipinski definition) is 2. The van der Waals surface area contributed by atoms with Gasteiger partial charge in [0.05, 0.1) is 23.1 Å². The molecule has 0 saturated carbocycles. The molecular formula is C11H9N3. The van der Waals surface area contributed by atoms with Crippen molar-refractivity contribution in [3.05, 3.63) is 42.9 Å². The normalized spacial score (nSPS) is 10.9. The number of rotatable bonds is 1. The number of hydrogen-bond acceptors (Lipinski definition) is 1. The van der Waals surface area contributed by atoms with Crippen molar-refractivity contribution in [1.29, 1.82) is 0 Å². The fourth-order valence-corrected chi connectivity index (χ4v) is 1.62. The van der Waals surface area contributed by atoms with Gasteiger partial charge >= 0.3 is 0 Å². The lowest BCUT2D eigenvalue weighted by Gasteiger charge is -1.89. The Labute approximate surface area is 80.8 Å². The summed E-state index contributed by atoms with van der Waals surface area (Å²) in [4.78, 5) is 10.5. The number of aromatic amines is 2. The van der Waals surface area contributed by atoms with Crippen LogP contribution in [-0.4, -0.2) is 15.0 Å². The summed E-state index contributed by atoms with van der Waals surface area (Å²) in [5.74, 6) is 0. The standard InChI is InChI=1S/C11H9N3/c1-2-9(13-4-1)10-6-8-3-5-12-7-11(8)14-10/h1-7,13-14H. The average molecular weight is 183 g/mol. The predicted molar refractivity (Wildman–Crippen MR) is 55.9 cm³/mol. The number of nitrogens with one attached hydrogen (secondary N) is 2. The van der Waals surface area contributed by atoms with Gasteiger partial charge in [-0.05, 0) is 24.3 Å². The Morgan fingerprint density at radius 1 is 1.14 bits per heavy atom. The number of fused-ring (bicyclic) bond motifs is 1. The van der Waals surface area contributed by atoms with Gasteiger partial charge in [0.25, 0.3) is 0 Å². The molecule has 0 aliphatic carbocycles. The molecule has 0 fully saturated rings. The molecule has 0 spiro atoms. The Balaban J connectivity index is 2.24. The number of aromatic nitrogens is 3. The quantitative estimate of drug-likeness (QED) is 0.598. The second-order valence-electron chi connectivity index (χ2n) is 3.23. The predicted octanol–water partition coefficient (Wildman–Crippen LogP) is 2.56. The van der Waals surface area contributed by atoms with Gasteiger partial charge in [-0.3, -0.25) is 4.98 Å². The van der Waals surface area contributed by atoms with E-state index in [1.165, 1.54) is 5.39 Å². The Morgan fingerprint density at radius 2 is 2.14 bits per heavy atom. The third kappa shape index (κ3) is 1.03. The van der Waals surface area contributed by atoms with Crippen LogP contribution in [0.25, 0.3) is 22.3 Å². The van der Waals surface area contributed by atoms with Gasteiger partial charge in [-0.1, -0.05) is 0 Å². The van der Waals surface area contributed by atoms with Gasteiger partial charge in [0.1, 0.15) is 0 Å². The zero-order valence-corrected chi connectivity index (χ0v) is 7.49. The van der Waals surface area contributed by atoms with E-state index in [1.807, 2.05) is 30.6 Å². The van der Waals surface area contributed by atoms with Gasteiger partial charge in [-0.15, -0.1) is 0 Å². The van der Waals surface area contributed by atoms with Crippen LogP contribution in [0.15, 0.2) is 42.9 Å². The molecule has 0 atom stereocenters. The van der Waals surface area contributed by atoms with E-state index < -0.39 is 0 Å². The van der Waals surface area contributed by atoms with Crippen LogP contribution in [0.2, 0.25) is 0 Å². The van der Waals surface area contributed by atoms with Crippen LogP contribution in [0.3, 0.4) is 0 Å². The van der Waals surface area contributed by atoms with Crippen LogP contribution in [0.5, 0.6) is 0 Å². The third-order valence-corrected chi connectivity index (χ3v) is 2.31. The van der Waals surface area contributed by atoms with Crippen LogP contribution >= 0.6 is 0 Å². The lowest BCUT2D eigenvalue weighted by molar-refractivity contribution is 1.32. The first-order chi connectivity index (χ1) is 6.93. The minimum absolute atomic E-state index is 1.07. The van der Waals surface area contributed by atoms with Gasteiger partial charge in [-0.25, -0.2) is 0 Å². The molecule has 3 heteroatoms. The third-order valence-electron chi connectivity index (χ3n) is 2.31. The van der Waals surface area contributed by atoms with Crippen LogP contribution in [-0.2, 0) is 0 Å². The summed E-state index contributed by atoms with van der Waals surface area (Å²) in [7, 11) is 0. The maximum Gasteiger partial charge on any atom is 0.0645 e. The van der Waals surface area contributed by atoms with E-state index in [1.54, 1.807) is 6.20 Å². The molecule has 68 valence electrons. The van der Waals surface area contributed by atoms with Gasteiger partial charge in [0, 0.05) is 17.8 Å². The Morgan fingerprint density at radius 3 is 2.93 bits per heavy atom. The fourth-order valence-electron chi connectivity index (χ4n) is 1.62. The molecule has 3 heterocycles. The van der Waals surface area contributed by atoms with Crippen molar-refractivity contribution in [3.8, 4) is 11.4 Å². The van der Waals surface area contributed by atoms with E-state index in [9.17, 15) is 0 Å². The van der Waals surface area contributed by atoms with E-state index in [2.05, 4.69) is 21.0 Å². The molecule has 3 rings (SSSR count). The van der Waals surface area contributed by atoms with Gasteiger partial charge in [-0.2, -0.15) is 0 Å². The van der Waals surface area contributed by atoms with Crippen LogP contribution in [0.4, 0.5) is 0 Å². The summed E-state index contributed by atoms with van der Waals surface area (Å²) in [5, 5.41) is 1.18. The monoisotopic (exact) mass is 183 g/mol. The Bertz CT molecular complexity index is 516. The lowest BCUT2D eigenvalue weighted by Crippen LogP contribution is -1.74. The van der Waals surface area contributed by atoms with Crippen LogP contribution < -0.4 is 0 Å². The van der Waals surface area contributed by atoms with Crippen molar-refractivity contribution < 1.29 is 0 Å². The summed E-state index contributed by atoms with van der Waals surface area (Å²) < 4.78 is 0. The van der Waals surface area contributed by atoms with Crippen LogP contribution in [0, 0.1) is 0 Å². The molecule has 0 aliphatic heterocycles. The summed E-state index contributed by atoms with van der Waals surface area (Å²) in [6.07, 6.45) is 5.55. The summed E-state index contributed by atoms with van der Waals surface area (Å²) in [6.45, 7) is 0. The minimum Gasteiger partial charge on any atom is -0.360 e. The molecule has 0 bridgehead atoms. The van der Waals surface area contributed by atoms with Crippen molar-refractivity contribution >= 4 is 10.9 Å². The van der Waals surface area contributed by atoms with Crippen molar-refractivity contribution in [3.63, 3.8) is 0 Å². The molecule has 0 unspecified atom stereocenters. The smallest absolute Gasteiger partial charge is 0.0645 e. The topological polar surface area (TPSA) is 44.5 Å². The summed E-state index contributed by atoms with van der Waals surface area (Å²) >= 11 is 0. The van der Waals surface area contributed by atoms with E-state index in [4.69, 9.17) is 0 Å². The molecule has 0 aromatic carbocycles. The zero-order chi connectivity index (χ0) is 9.38. The number of H-pyrrole nitrogens is 2. The minimum atomic E-state index is 1.07. The molecule has 0 radical (unpaired) electrons. The fraction of sp³-hybridized carbons (Fsp3) is 0. The molecular weight excluding hydrogens is 174 g/mol. The zero-order valence-electron chi connectivity index (χ0n) is 7.49. The van der Waals surface area contributed by atoms with Crippen molar-refractivity contribution in [2.45, 2.75) is 0 Å².